The van der Waals surface area contributed by atoms with Crippen molar-refractivity contribution >= 4 is 19.7 Å². The number of nitrogens with one attached hydrogen (secondary N) is 1. The summed E-state index contributed by atoms with van der Waals surface area (Å²) in [5.74, 6) is 0.465. The van der Waals surface area contributed by atoms with E-state index >= 15 is 0 Å². The molecule has 2 atom stereocenters. The predicted molar refractivity (Wildman–Crippen MR) is 111 cm³/mol. The highest BCUT2D eigenvalue weighted by Crippen LogP contribution is 2.41. The molecule has 0 radical (unpaired) electrons. The van der Waals surface area contributed by atoms with Crippen LogP contribution in [0.3, 0.4) is 0 Å². The summed E-state index contributed by atoms with van der Waals surface area (Å²) in [4.78, 5) is 13.3. The average molecular weight is 354 g/mol. The number of benzene rings is 2. The first-order valence-electron chi connectivity index (χ1n) is 9.34. The second kappa shape index (κ2) is 9.00. The van der Waals surface area contributed by atoms with Gasteiger partial charge in [0.05, 0.1) is 8.07 Å². The first-order chi connectivity index (χ1) is 11.9. The summed E-state index contributed by atoms with van der Waals surface area (Å²) in [6, 6.07) is 20.4. The van der Waals surface area contributed by atoms with Gasteiger partial charge in [-0.1, -0.05) is 87.9 Å². The van der Waals surface area contributed by atoms with Crippen LogP contribution in [-0.4, -0.2) is 14.0 Å². The zero-order chi connectivity index (χ0) is 18.3. The third-order valence-corrected chi connectivity index (χ3v) is 7.29. The number of unbranched alkanes of at least 4 members (excludes halogenated alkanes) is 1. The Morgan fingerprint density at radius 3 is 2.04 bits per heavy atom. The lowest BCUT2D eigenvalue weighted by Gasteiger charge is -2.35. The zero-order valence-corrected chi connectivity index (χ0v) is 17.0. The van der Waals surface area contributed by atoms with E-state index in [2.05, 4.69) is 56.1 Å². The van der Waals surface area contributed by atoms with E-state index in [1.807, 2.05) is 36.4 Å². The van der Waals surface area contributed by atoms with E-state index in [1.54, 1.807) is 0 Å². The number of anilines is 1. The molecule has 1 N–H and O–H groups in total. The molecule has 134 valence electrons. The first kappa shape index (κ1) is 19.5. The highest BCUT2D eigenvalue weighted by atomic mass is 28.3. The average Bonchev–Trinajstić information content (AvgIpc) is 2.59. The summed E-state index contributed by atoms with van der Waals surface area (Å²) >= 11 is 0. The van der Waals surface area contributed by atoms with Crippen molar-refractivity contribution < 1.29 is 4.79 Å². The molecule has 3 heteroatoms. The molecule has 0 saturated heterocycles. The number of hydrogen-bond acceptors (Lipinski definition) is 1. The van der Waals surface area contributed by atoms with E-state index in [1.165, 1.54) is 5.56 Å². The minimum atomic E-state index is -1.71. The molecule has 0 aromatic heterocycles. The van der Waals surface area contributed by atoms with Crippen molar-refractivity contribution in [3.8, 4) is 0 Å². The smallest absolute Gasteiger partial charge is 0.225 e. The Morgan fingerprint density at radius 1 is 0.960 bits per heavy atom. The van der Waals surface area contributed by atoms with E-state index in [0.717, 1.165) is 24.9 Å². The highest BCUT2D eigenvalue weighted by molar-refractivity contribution is 6.81. The van der Waals surface area contributed by atoms with E-state index in [-0.39, 0.29) is 17.4 Å². The Labute approximate surface area is 153 Å². The van der Waals surface area contributed by atoms with Gasteiger partial charge in [0.1, 0.15) is 0 Å². The van der Waals surface area contributed by atoms with Gasteiger partial charge in [-0.15, -0.1) is 0 Å². The fourth-order valence-electron chi connectivity index (χ4n) is 3.57. The fraction of sp³-hybridized carbons (Fsp3) is 0.409. The maximum Gasteiger partial charge on any atom is 0.225 e. The Balaban J connectivity index is 2.33. The largest absolute Gasteiger partial charge is 0.326 e. The van der Waals surface area contributed by atoms with Gasteiger partial charge in [0.25, 0.3) is 0 Å². The lowest BCUT2D eigenvalue weighted by molar-refractivity contribution is -0.116. The standard InChI is InChI=1S/C22H31NOSi/c1-5-6-17-20(18-13-9-7-10-14-18)21(25(2,3)4)22(24)23-19-15-11-8-12-16-19/h7-16,20-21H,5-6,17H2,1-4H3,(H,23,24). The van der Waals surface area contributed by atoms with Crippen molar-refractivity contribution in [2.45, 2.75) is 57.3 Å². The van der Waals surface area contributed by atoms with Gasteiger partial charge in [-0.3, -0.25) is 4.79 Å². The molecular weight excluding hydrogens is 322 g/mol. The molecule has 0 fully saturated rings. The van der Waals surface area contributed by atoms with Crippen LogP contribution in [0.2, 0.25) is 25.2 Å². The van der Waals surface area contributed by atoms with Crippen molar-refractivity contribution in [3.63, 3.8) is 0 Å². The van der Waals surface area contributed by atoms with Crippen LogP contribution >= 0.6 is 0 Å². The zero-order valence-electron chi connectivity index (χ0n) is 16.0. The van der Waals surface area contributed by atoms with Crippen LogP contribution in [-0.2, 0) is 4.79 Å². The van der Waals surface area contributed by atoms with Gasteiger partial charge in [-0.2, -0.15) is 0 Å². The predicted octanol–water partition coefficient (Wildman–Crippen LogP) is 6.31. The Kier molecular flexibility index (Phi) is 7.00. The number of amides is 1. The highest BCUT2D eigenvalue weighted by Gasteiger charge is 2.39. The fourth-order valence-corrected chi connectivity index (χ4v) is 6.00. The van der Waals surface area contributed by atoms with Crippen molar-refractivity contribution in [2.75, 3.05) is 5.32 Å². The third kappa shape index (κ3) is 5.57. The Hall–Kier alpha value is -1.87. The summed E-state index contributed by atoms with van der Waals surface area (Å²) < 4.78 is 0. The Bertz CT molecular complexity index is 649. The van der Waals surface area contributed by atoms with Crippen LogP contribution in [0.25, 0.3) is 0 Å². The number of para-hydroxylation sites is 1. The molecule has 0 aliphatic rings. The van der Waals surface area contributed by atoms with E-state index in [0.29, 0.717) is 0 Å². The van der Waals surface area contributed by atoms with E-state index < -0.39 is 8.07 Å². The van der Waals surface area contributed by atoms with Crippen LogP contribution in [0.5, 0.6) is 0 Å². The summed E-state index contributed by atoms with van der Waals surface area (Å²) in [5.41, 5.74) is 2.24. The summed E-state index contributed by atoms with van der Waals surface area (Å²) in [6.45, 7) is 9.15. The molecule has 0 spiro atoms. The van der Waals surface area contributed by atoms with Crippen LogP contribution in [0.15, 0.2) is 60.7 Å². The molecule has 0 bridgehead atoms. The molecule has 2 aromatic rings. The maximum absolute atomic E-state index is 13.3. The number of rotatable bonds is 8. The second-order valence-electron chi connectivity index (χ2n) is 7.86. The minimum absolute atomic E-state index is 0.0571. The normalized spacial score (nSPS) is 13.9. The third-order valence-electron chi connectivity index (χ3n) is 4.76. The van der Waals surface area contributed by atoms with E-state index in [9.17, 15) is 4.79 Å². The summed E-state index contributed by atoms with van der Waals surface area (Å²) in [7, 11) is -1.71. The molecule has 0 aliphatic heterocycles. The molecule has 0 heterocycles. The summed E-state index contributed by atoms with van der Waals surface area (Å²) in [5, 5.41) is 3.17. The molecule has 2 nitrogen and oxygen atoms in total. The van der Waals surface area contributed by atoms with Crippen molar-refractivity contribution in [1.82, 2.24) is 0 Å². The second-order valence-corrected chi connectivity index (χ2v) is 13.2. The molecule has 2 unspecified atom stereocenters. The van der Waals surface area contributed by atoms with Gasteiger partial charge in [-0.25, -0.2) is 0 Å². The van der Waals surface area contributed by atoms with Crippen LogP contribution in [0.1, 0.15) is 37.7 Å². The van der Waals surface area contributed by atoms with Gasteiger partial charge in [0.2, 0.25) is 5.91 Å². The lowest BCUT2D eigenvalue weighted by atomic mass is 9.89. The van der Waals surface area contributed by atoms with Crippen molar-refractivity contribution in [3.05, 3.63) is 66.2 Å². The van der Waals surface area contributed by atoms with Gasteiger partial charge in [0, 0.05) is 11.2 Å². The van der Waals surface area contributed by atoms with Crippen molar-refractivity contribution in [1.29, 1.82) is 0 Å². The summed E-state index contributed by atoms with van der Waals surface area (Å²) in [6.07, 6.45) is 3.37. The molecule has 2 rings (SSSR count). The van der Waals surface area contributed by atoms with Crippen LogP contribution in [0.4, 0.5) is 5.69 Å². The lowest BCUT2D eigenvalue weighted by Crippen LogP contribution is -2.40. The number of carbonyl (C=O) groups excluding carboxylic acids is 1. The van der Waals surface area contributed by atoms with Gasteiger partial charge in [-0.05, 0) is 30.0 Å². The van der Waals surface area contributed by atoms with E-state index in [4.69, 9.17) is 0 Å². The molecule has 1 amide bonds. The molecular formula is C22H31NOSi. The van der Waals surface area contributed by atoms with Gasteiger partial charge >= 0.3 is 0 Å². The van der Waals surface area contributed by atoms with Crippen molar-refractivity contribution in [2.24, 2.45) is 0 Å². The molecule has 0 aliphatic carbocycles. The minimum Gasteiger partial charge on any atom is -0.326 e. The maximum atomic E-state index is 13.3. The van der Waals surface area contributed by atoms with Gasteiger partial charge in [0.15, 0.2) is 0 Å². The van der Waals surface area contributed by atoms with Crippen LogP contribution in [0, 0.1) is 0 Å². The topological polar surface area (TPSA) is 29.1 Å². The molecule has 25 heavy (non-hydrogen) atoms. The molecule has 2 aromatic carbocycles. The Morgan fingerprint density at radius 2 is 1.52 bits per heavy atom. The SMILES string of the molecule is CCCCC(c1ccccc1)C(C(=O)Nc1ccccc1)[Si](C)(C)C. The quantitative estimate of drug-likeness (QED) is 0.554. The van der Waals surface area contributed by atoms with Gasteiger partial charge < -0.3 is 5.32 Å². The van der Waals surface area contributed by atoms with Crippen LogP contribution < -0.4 is 5.32 Å². The molecule has 0 saturated carbocycles. The first-order valence-corrected chi connectivity index (χ1v) is 12.9. The number of hydrogen-bond donors (Lipinski definition) is 1. The monoisotopic (exact) mass is 353 g/mol. The number of carbonyl (C=O) groups is 1.